The second-order valence-corrected chi connectivity index (χ2v) is 4.89. The number of thiazole rings is 1. The minimum atomic E-state index is 0.735. The summed E-state index contributed by atoms with van der Waals surface area (Å²) < 4.78 is 0. The first-order valence-corrected chi connectivity index (χ1v) is 6.50. The summed E-state index contributed by atoms with van der Waals surface area (Å²) in [6.45, 7) is 0.735. The van der Waals surface area contributed by atoms with E-state index in [1.807, 2.05) is 41.0 Å². The van der Waals surface area contributed by atoms with Gasteiger partial charge in [-0.1, -0.05) is 0 Å². The molecule has 0 spiro atoms. The molecule has 0 saturated heterocycles. The monoisotopic (exact) mass is 259 g/mol. The number of nitrogens with zero attached hydrogens (tertiary/aromatic N) is 3. The summed E-state index contributed by atoms with van der Waals surface area (Å²) in [4.78, 5) is 14.1. The third-order valence-electron chi connectivity index (χ3n) is 2.74. The van der Waals surface area contributed by atoms with Crippen LogP contribution in [0, 0.1) is 0 Å². The smallest absolute Gasteiger partial charge is 0.203 e. The average Bonchev–Trinajstić information content (AvgIpc) is 2.96. The lowest BCUT2D eigenvalue weighted by atomic mass is 10.3. The van der Waals surface area contributed by atoms with Gasteiger partial charge in [-0.15, -0.1) is 11.3 Å². The fourth-order valence-corrected chi connectivity index (χ4v) is 2.38. The summed E-state index contributed by atoms with van der Waals surface area (Å²) in [6, 6.07) is 5.66. The Kier molecular flexibility index (Phi) is 2.64. The van der Waals surface area contributed by atoms with Gasteiger partial charge in [0.15, 0.2) is 0 Å². The molecule has 18 heavy (non-hydrogen) atoms. The number of nitrogen functional groups attached to an aromatic ring is 1. The zero-order valence-corrected chi connectivity index (χ0v) is 10.7. The normalized spacial score (nSPS) is 10.9. The van der Waals surface area contributed by atoms with E-state index in [4.69, 9.17) is 5.73 Å². The van der Waals surface area contributed by atoms with Gasteiger partial charge in [0.05, 0.1) is 28.8 Å². The summed E-state index contributed by atoms with van der Waals surface area (Å²) in [5.74, 6) is 0.823. The van der Waals surface area contributed by atoms with Gasteiger partial charge in [0.2, 0.25) is 5.95 Å². The lowest BCUT2D eigenvalue weighted by molar-refractivity contribution is 0.863. The number of H-pyrrole nitrogens is 1. The molecule has 0 saturated carbocycles. The van der Waals surface area contributed by atoms with Crippen molar-refractivity contribution in [3.63, 3.8) is 0 Å². The van der Waals surface area contributed by atoms with Crippen molar-refractivity contribution >= 4 is 34.0 Å². The Bertz CT molecular complexity index is 658. The van der Waals surface area contributed by atoms with E-state index in [1.165, 1.54) is 0 Å². The van der Waals surface area contributed by atoms with E-state index < -0.39 is 0 Å². The maximum Gasteiger partial charge on any atom is 0.203 e. The van der Waals surface area contributed by atoms with Gasteiger partial charge >= 0.3 is 0 Å². The van der Waals surface area contributed by atoms with Crippen molar-refractivity contribution in [2.24, 2.45) is 0 Å². The number of anilines is 2. The van der Waals surface area contributed by atoms with E-state index in [0.29, 0.717) is 0 Å². The lowest BCUT2D eigenvalue weighted by Gasteiger charge is -2.13. The molecular formula is C12H13N5S. The Balaban J connectivity index is 1.89. The van der Waals surface area contributed by atoms with Crippen molar-refractivity contribution < 1.29 is 0 Å². The molecule has 92 valence electrons. The molecule has 2 heterocycles. The Labute approximate surface area is 108 Å². The minimum Gasteiger partial charge on any atom is -0.399 e. The van der Waals surface area contributed by atoms with Gasteiger partial charge in [0.25, 0.3) is 0 Å². The van der Waals surface area contributed by atoms with Crippen LogP contribution in [0.3, 0.4) is 0 Å². The first-order valence-electron chi connectivity index (χ1n) is 5.56. The number of aromatic amines is 1. The number of hydrogen-bond donors (Lipinski definition) is 2. The largest absolute Gasteiger partial charge is 0.399 e. The molecule has 0 fully saturated rings. The van der Waals surface area contributed by atoms with Gasteiger partial charge < -0.3 is 15.6 Å². The molecule has 3 N–H and O–H groups in total. The molecule has 0 bridgehead atoms. The number of nitrogens with two attached hydrogens (primary N) is 1. The van der Waals surface area contributed by atoms with Crippen molar-refractivity contribution in [2.75, 3.05) is 17.7 Å². The fraction of sp³-hybridized carbons (Fsp3) is 0.167. The van der Waals surface area contributed by atoms with Crippen molar-refractivity contribution in [1.29, 1.82) is 0 Å². The van der Waals surface area contributed by atoms with Gasteiger partial charge in [-0.3, -0.25) is 0 Å². The van der Waals surface area contributed by atoms with E-state index in [9.17, 15) is 0 Å². The second-order valence-electron chi connectivity index (χ2n) is 4.17. The molecule has 3 aromatic rings. The highest BCUT2D eigenvalue weighted by atomic mass is 32.1. The number of aromatic nitrogens is 3. The van der Waals surface area contributed by atoms with Crippen LogP contribution in [0.4, 0.5) is 11.6 Å². The standard InChI is InChI=1S/C12H13N5S/c1-17(5-9-6-18-7-14-9)12-15-10-3-2-8(13)4-11(10)16-12/h2-4,6-7H,5,13H2,1H3,(H,15,16). The molecule has 0 aliphatic heterocycles. The first kappa shape index (κ1) is 11.0. The molecule has 5 nitrogen and oxygen atoms in total. The van der Waals surface area contributed by atoms with Crippen LogP contribution in [0.15, 0.2) is 29.1 Å². The first-order chi connectivity index (χ1) is 8.72. The Morgan fingerprint density at radius 1 is 1.44 bits per heavy atom. The number of fused-ring (bicyclic) bond motifs is 1. The molecular weight excluding hydrogens is 246 g/mol. The maximum atomic E-state index is 5.75. The summed E-state index contributed by atoms with van der Waals surface area (Å²) in [5.41, 5.74) is 11.2. The van der Waals surface area contributed by atoms with Crippen LogP contribution < -0.4 is 10.6 Å². The predicted molar refractivity (Wildman–Crippen MR) is 74.7 cm³/mol. The third kappa shape index (κ3) is 2.02. The fourth-order valence-electron chi connectivity index (χ4n) is 1.83. The van der Waals surface area contributed by atoms with Crippen LogP contribution in [0.25, 0.3) is 11.0 Å². The van der Waals surface area contributed by atoms with Crippen molar-refractivity contribution in [1.82, 2.24) is 15.0 Å². The maximum absolute atomic E-state index is 5.75. The number of benzene rings is 1. The third-order valence-corrected chi connectivity index (χ3v) is 3.37. The number of nitrogens with one attached hydrogen (secondary N) is 1. The molecule has 0 unspecified atom stereocenters. The lowest BCUT2D eigenvalue weighted by Crippen LogP contribution is -2.17. The Morgan fingerprint density at radius 3 is 3.11 bits per heavy atom. The minimum absolute atomic E-state index is 0.735. The Hall–Kier alpha value is -2.08. The predicted octanol–water partition coefficient (Wildman–Crippen LogP) is 2.24. The van der Waals surface area contributed by atoms with Gasteiger partial charge in [-0.05, 0) is 18.2 Å². The molecule has 0 radical (unpaired) electrons. The number of rotatable bonds is 3. The van der Waals surface area contributed by atoms with E-state index in [2.05, 4.69) is 15.0 Å². The zero-order valence-electron chi connectivity index (χ0n) is 9.92. The average molecular weight is 259 g/mol. The molecule has 0 aliphatic rings. The number of hydrogen-bond acceptors (Lipinski definition) is 5. The highest BCUT2D eigenvalue weighted by Crippen LogP contribution is 2.20. The van der Waals surface area contributed by atoms with Gasteiger partial charge in [-0.2, -0.15) is 0 Å². The second kappa shape index (κ2) is 4.30. The molecule has 2 aromatic heterocycles. The van der Waals surface area contributed by atoms with Gasteiger partial charge in [0, 0.05) is 18.1 Å². The molecule has 3 rings (SSSR count). The Morgan fingerprint density at radius 2 is 2.33 bits per heavy atom. The van der Waals surface area contributed by atoms with Crippen LogP contribution in [-0.4, -0.2) is 22.0 Å². The molecule has 1 aromatic carbocycles. The van der Waals surface area contributed by atoms with Crippen LogP contribution >= 0.6 is 11.3 Å². The van der Waals surface area contributed by atoms with E-state index in [1.54, 1.807) is 11.3 Å². The van der Waals surface area contributed by atoms with Crippen molar-refractivity contribution in [3.05, 3.63) is 34.8 Å². The topological polar surface area (TPSA) is 70.8 Å². The van der Waals surface area contributed by atoms with Crippen molar-refractivity contribution in [3.8, 4) is 0 Å². The molecule has 0 amide bonds. The highest BCUT2D eigenvalue weighted by Gasteiger charge is 2.08. The summed E-state index contributed by atoms with van der Waals surface area (Å²) in [7, 11) is 1.99. The van der Waals surface area contributed by atoms with E-state index >= 15 is 0 Å². The summed E-state index contributed by atoms with van der Waals surface area (Å²) >= 11 is 1.60. The summed E-state index contributed by atoms with van der Waals surface area (Å²) in [6.07, 6.45) is 0. The van der Waals surface area contributed by atoms with Gasteiger partial charge in [0.1, 0.15) is 0 Å². The van der Waals surface area contributed by atoms with Crippen LogP contribution in [0.5, 0.6) is 0 Å². The SMILES string of the molecule is CN(Cc1cscn1)c1nc2ccc(N)cc2[nH]1. The van der Waals surface area contributed by atoms with Crippen LogP contribution in [0.1, 0.15) is 5.69 Å². The zero-order chi connectivity index (χ0) is 12.5. The van der Waals surface area contributed by atoms with Crippen molar-refractivity contribution in [2.45, 2.75) is 6.54 Å². The van der Waals surface area contributed by atoms with Crippen LogP contribution in [-0.2, 0) is 6.54 Å². The number of imidazole rings is 1. The quantitative estimate of drug-likeness (QED) is 0.708. The highest BCUT2D eigenvalue weighted by molar-refractivity contribution is 7.07. The molecule has 6 heteroatoms. The van der Waals surface area contributed by atoms with E-state index in [0.717, 1.165) is 34.9 Å². The molecule has 0 atom stereocenters. The van der Waals surface area contributed by atoms with Gasteiger partial charge in [-0.25, -0.2) is 9.97 Å². The summed E-state index contributed by atoms with van der Waals surface area (Å²) in [5, 5.41) is 2.04. The molecule has 0 aliphatic carbocycles. The van der Waals surface area contributed by atoms with Crippen LogP contribution in [0.2, 0.25) is 0 Å². The van der Waals surface area contributed by atoms with E-state index in [-0.39, 0.29) is 0 Å².